The van der Waals surface area contributed by atoms with E-state index in [0.29, 0.717) is 18.0 Å². The molecule has 1 aromatic rings. The zero-order chi connectivity index (χ0) is 13.2. The fourth-order valence-electron chi connectivity index (χ4n) is 1.52. The number of benzene rings is 1. The highest BCUT2D eigenvalue weighted by Gasteiger charge is 2.05. The molecule has 1 atom stereocenters. The predicted molar refractivity (Wildman–Crippen MR) is 79.2 cm³/mol. The van der Waals surface area contributed by atoms with Crippen LogP contribution in [0.5, 0.6) is 5.75 Å². The maximum Gasteiger partial charge on any atom is 0.121 e. The molecule has 0 bridgehead atoms. The number of anilines is 1. The minimum Gasteiger partial charge on any atom is -0.491 e. The van der Waals surface area contributed by atoms with Crippen LogP contribution in [0.3, 0.4) is 0 Å². The van der Waals surface area contributed by atoms with Crippen molar-refractivity contribution in [2.45, 2.75) is 32.3 Å². The lowest BCUT2D eigenvalue weighted by Gasteiger charge is -2.12. The molecule has 0 spiro atoms. The molecule has 0 saturated heterocycles. The first-order valence-electron chi connectivity index (χ1n) is 6.46. The first-order chi connectivity index (χ1) is 8.72. The van der Waals surface area contributed by atoms with Crippen molar-refractivity contribution in [1.29, 1.82) is 0 Å². The molecule has 3 nitrogen and oxygen atoms in total. The quantitative estimate of drug-likeness (QED) is 0.534. The Morgan fingerprint density at radius 1 is 1.39 bits per heavy atom. The van der Waals surface area contributed by atoms with Crippen molar-refractivity contribution in [2.75, 3.05) is 23.8 Å². The van der Waals surface area contributed by atoms with Crippen molar-refractivity contribution in [3.63, 3.8) is 0 Å². The number of hydrogen-bond donors (Lipinski definition) is 2. The number of hydrogen-bond acceptors (Lipinski definition) is 4. The van der Waals surface area contributed by atoms with Gasteiger partial charge in [-0.3, -0.25) is 0 Å². The molecule has 1 aromatic carbocycles. The van der Waals surface area contributed by atoms with E-state index >= 15 is 0 Å². The van der Waals surface area contributed by atoms with Gasteiger partial charge in [0.15, 0.2) is 0 Å². The van der Waals surface area contributed by atoms with Crippen molar-refractivity contribution in [3.8, 4) is 5.75 Å². The van der Waals surface area contributed by atoms with Gasteiger partial charge >= 0.3 is 0 Å². The highest BCUT2D eigenvalue weighted by Crippen LogP contribution is 2.15. The van der Waals surface area contributed by atoms with E-state index in [-0.39, 0.29) is 0 Å². The van der Waals surface area contributed by atoms with Gasteiger partial charge in [-0.2, -0.15) is 11.8 Å². The molecule has 3 N–H and O–H groups in total. The van der Waals surface area contributed by atoms with Crippen LogP contribution in [0.15, 0.2) is 24.3 Å². The second-order valence-electron chi connectivity index (χ2n) is 4.32. The van der Waals surface area contributed by atoms with Crippen LogP contribution in [-0.2, 0) is 0 Å². The molecule has 0 aliphatic heterocycles. The molecule has 18 heavy (non-hydrogen) atoms. The van der Waals surface area contributed by atoms with E-state index in [0.717, 1.165) is 11.5 Å². The van der Waals surface area contributed by atoms with E-state index in [1.807, 2.05) is 18.2 Å². The Bertz CT molecular complexity index is 333. The number of rotatable bonds is 9. The Morgan fingerprint density at radius 2 is 2.22 bits per heavy atom. The molecule has 0 aromatic heterocycles. The maximum absolute atomic E-state index is 9.76. The second-order valence-corrected chi connectivity index (χ2v) is 5.47. The topological polar surface area (TPSA) is 55.5 Å². The van der Waals surface area contributed by atoms with Gasteiger partial charge in [-0.05, 0) is 24.3 Å². The van der Waals surface area contributed by atoms with Crippen LogP contribution in [0.2, 0.25) is 0 Å². The lowest BCUT2D eigenvalue weighted by Crippen LogP contribution is -2.20. The summed E-state index contributed by atoms with van der Waals surface area (Å²) in [5.74, 6) is 2.56. The third kappa shape index (κ3) is 6.77. The van der Waals surface area contributed by atoms with Crippen molar-refractivity contribution in [3.05, 3.63) is 24.3 Å². The number of thioether (sulfide) groups is 1. The van der Waals surface area contributed by atoms with Crippen LogP contribution in [-0.4, -0.2) is 29.3 Å². The zero-order valence-corrected chi connectivity index (χ0v) is 11.8. The van der Waals surface area contributed by atoms with Crippen LogP contribution in [0.4, 0.5) is 5.69 Å². The first-order valence-corrected chi connectivity index (χ1v) is 7.62. The molecule has 0 saturated carbocycles. The summed E-state index contributed by atoms with van der Waals surface area (Å²) in [5.41, 5.74) is 6.32. The standard InChI is InChI=1S/C14H23NO2S/c1-2-3-4-8-18-11-13(16)10-17-14-7-5-6-12(15)9-14/h5-7,9,13,16H,2-4,8,10-11,15H2,1H3. The first kappa shape index (κ1) is 15.2. The van der Waals surface area contributed by atoms with Crippen LogP contribution >= 0.6 is 11.8 Å². The Balaban J connectivity index is 2.11. The molecular formula is C14H23NO2S. The van der Waals surface area contributed by atoms with Gasteiger partial charge in [-0.15, -0.1) is 0 Å². The van der Waals surface area contributed by atoms with E-state index in [1.54, 1.807) is 17.8 Å². The molecule has 102 valence electrons. The van der Waals surface area contributed by atoms with Crippen LogP contribution in [0, 0.1) is 0 Å². The van der Waals surface area contributed by atoms with Gasteiger partial charge in [0.2, 0.25) is 0 Å². The summed E-state index contributed by atoms with van der Waals surface area (Å²) in [6.07, 6.45) is 3.31. The van der Waals surface area contributed by atoms with Crippen molar-refractivity contribution < 1.29 is 9.84 Å². The fraction of sp³-hybridized carbons (Fsp3) is 0.571. The molecule has 0 amide bonds. The van der Waals surface area contributed by atoms with Crippen molar-refractivity contribution >= 4 is 17.4 Å². The molecule has 0 radical (unpaired) electrons. The van der Waals surface area contributed by atoms with Crippen molar-refractivity contribution in [2.24, 2.45) is 0 Å². The average Bonchev–Trinajstić information content (AvgIpc) is 2.36. The van der Waals surface area contributed by atoms with Gasteiger partial charge in [-0.1, -0.05) is 25.8 Å². The molecule has 0 fully saturated rings. The summed E-state index contributed by atoms with van der Waals surface area (Å²) in [5, 5.41) is 9.76. The lowest BCUT2D eigenvalue weighted by molar-refractivity contribution is 0.126. The summed E-state index contributed by atoms with van der Waals surface area (Å²) in [6, 6.07) is 7.27. The SMILES string of the molecule is CCCCCSCC(O)COc1cccc(N)c1. The largest absolute Gasteiger partial charge is 0.491 e. The molecule has 0 aliphatic rings. The van der Waals surface area contributed by atoms with Gasteiger partial charge in [0.1, 0.15) is 12.4 Å². The summed E-state index contributed by atoms with van der Waals surface area (Å²) >= 11 is 1.78. The number of unbranched alkanes of at least 4 members (excludes halogenated alkanes) is 2. The lowest BCUT2D eigenvalue weighted by atomic mass is 10.3. The smallest absolute Gasteiger partial charge is 0.121 e. The Kier molecular flexibility index (Phi) is 7.69. The zero-order valence-electron chi connectivity index (χ0n) is 11.0. The molecule has 1 unspecified atom stereocenters. The van der Waals surface area contributed by atoms with Gasteiger partial charge < -0.3 is 15.6 Å². The molecule has 0 heterocycles. The van der Waals surface area contributed by atoms with Crippen molar-refractivity contribution in [1.82, 2.24) is 0 Å². The summed E-state index contributed by atoms with van der Waals surface area (Å²) in [4.78, 5) is 0. The number of nitrogen functional groups attached to an aromatic ring is 1. The van der Waals surface area contributed by atoms with E-state index in [2.05, 4.69) is 6.92 Å². The third-order valence-electron chi connectivity index (χ3n) is 2.50. The molecule has 1 rings (SSSR count). The highest BCUT2D eigenvalue weighted by molar-refractivity contribution is 7.99. The van der Waals surface area contributed by atoms with Gasteiger partial charge in [0.05, 0.1) is 6.10 Å². The monoisotopic (exact) mass is 269 g/mol. The second kappa shape index (κ2) is 9.11. The van der Waals surface area contributed by atoms with Gasteiger partial charge in [0, 0.05) is 17.5 Å². The van der Waals surface area contributed by atoms with Gasteiger partial charge in [-0.25, -0.2) is 0 Å². The Labute approximate surface area is 114 Å². The fourth-order valence-corrected chi connectivity index (χ4v) is 2.46. The minimum absolute atomic E-state index is 0.324. The van der Waals surface area contributed by atoms with Crippen LogP contribution in [0.1, 0.15) is 26.2 Å². The minimum atomic E-state index is -0.418. The highest BCUT2D eigenvalue weighted by atomic mass is 32.2. The predicted octanol–water partition coefficient (Wildman–Crippen LogP) is 2.93. The molecule has 0 aliphatic carbocycles. The van der Waals surface area contributed by atoms with E-state index in [1.165, 1.54) is 19.3 Å². The average molecular weight is 269 g/mol. The molecule has 4 heteroatoms. The van der Waals surface area contributed by atoms with Crippen LogP contribution in [0.25, 0.3) is 0 Å². The number of ether oxygens (including phenoxy) is 1. The number of aliphatic hydroxyl groups is 1. The summed E-state index contributed by atoms with van der Waals surface area (Å²) < 4.78 is 5.48. The summed E-state index contributed by atoms with van der Waals surface area (Å²) in [6.45, 7) is 2.52. The Morgan fingerprint density at radius 3 is 2.94 bits per heavy atom. The van der Waals surface area contributed by atoms with Crippen LogP contribution < -0.4 is 10.5 Å². The van der Waals surface area contributed by atoms with E-state index in [9.17, 15) is 5.11 Å². The summed E-state index contributed by atoms with van der Waals surface area (Å²) in [7, 11) is 0. The number of aliphatic hydroxyl groups excluding tert-OH is 1. The maximum atomic E-state index is 9.76. The van der Waals surface area contributed by atoms with E-state index in [4.69, 9.17) is 10.5 Å². The number of nitrogens with two attached hydrogens (primary N) is 1. The van der Waals surface area contributed by atoms with E-state index < -0.39 is 6.10 Å². The third-order valence-corrected chi connectivity index (χ3v) is 3.70. The molecular weight excluding hydrogens is 246 g/mol. The normalized spacial score (nSPS) is 12.3. The Hall–Kier alpha value is -0.870. The van der Waals surface area contributed by atoms with Gasteiger partial charge in [0.25, 0.3) is 0 Å².